The van der Waals surface area contributed by atoms with Crippen LogP contribution < -0.4 is 16.4 Å². The van der Waals surface area contributed by atoms with Crippen LogP contribution in [0.4, 0.5) is 4.39 Å². The third kappa shape index (κ3) is 7.63. The third-order valence-electron chi connectivity index (χ3n) is 5.32. The number of hydrogen-bond acceptors (Lipinski definition) is 3. The Morgan fingerprint density at radius 3 is 2.23 bits per heavy atom. The Morgan fingerprint density at radius 1 is 1.13 bits per heavy atom. The topological polar surface area (TPSA) is 101 Å². The van der Waals surface area contributed by atoms with Gasteiger partial charge in [-0.2, -0.15) is 0 Å². The average Bonchev–Trinajstić information content (AvgIpc) is 2.60. The number of nitrogens with one attached hydrogen (secondary N) is 2. The zero-order valence-corrected chi connectivity index (χ0v) is 19.6. The first-order valence-electron chi connectivity index (χ1n) is 9.85. The Morgan fingerprint density at radius 2 is 1.73 bits per heavy atom. The first-order valence-corrected chi connectivity index (χ1v) is 12.8. The lowest BCUT2D eigenvalue weighted by Gasteiger charge is -2.31. The van der Waals surface area contributed by atoms with Crippen molar-refractivity contribution in [1.82, 2.24) is 10.6 Å². The lowest BCUT2D eigenvalue weighted by Crippen LogP contribution is -2.53. The van der Waals surface area contributed by atoms with Gasteiger partial charge in [-0.3, -0.25) is 14.4 Å². The highest BCUT2D eigenvalue weighted by atomic mass is 28.3. The van der Waals surface area contributed by atoms with Crippen LogP contribution in [0.25, 0.3) is 0 Å². The van der Waals surface area contributed by atoms with Gasteiger partial charge >= 0.3 is 0 Å². The SMILES string of the molecule is CC(=O)N[C@H](Cc1ccccc1F)C(=O)N[C@@H](CC#C[Si](C)(C)C(C)(C)C)C(N)=O. The molecule has 4 N–H and O–H groups in total. The zero-order chi connectivity index (χ0) is 23.1. The minimum Gasteiger partial charge on any atom is -0.368 e. The smallest absolute Gasteiger partial charge is 0.243 e. The van der Waals surface area contributed by atoms with E-state index in [0.717, 1.165) is 0 Å². The van der Waals surface area contributed by atoms with E-state index >= 15 is 0 Å². The zero-order valence-electron chi connectivity index (χ0n) is 18.6. The van der Waals surface area contributed by atoms with Gasteiger partial charge in [0.15, 0.2) is 0 Å². The van der Waals surface area contributed by atoms with E-state index in [9.17, 15) is 18.8 Å². The van der Waals surface area contributed by atoms with Gasteiger partial charge in [-0.25, -0.2) is 4.39 Å². The summed E-state index contributed by atoms with van der Waals surface area (Å²) in [5.41, 5.74) is 9.00. The van der Waals surface area contributed by atoms with Crippen molar-refractivity contribution in [3.63, 3.8) is 0 Å². The highest BCUT2D eigenvalue weighted by Crippen LogP contribution is 2.35. The number of carbonyl (C=O) groups excluding carboxylic acids is 3. The molecule has 30 heavy (non-hydrogen) atoms. The molecule has 0 aliphatic rings. The van der Waals surface area contributed by atoms with Gasteiger partial charge in [-0.1, -0.05) is 52.1 Å². The highest BCUT2D eigenvalue weighted by Gasteiger charge is 2.33. The standard InChI is InChI=1S/C22H32FN3O3Si/c1-15(27)25-19(14-16-10-7-8-11-17(16)23)21(29)26-18(20(24)28)12-9-13-30(5,6)22(2,3)4/h7-8,10-11,18-19H,12,14H2,1-6H3,(H2,24,28)(H,25,27)(H,26,29)/t18-,19+/m0/s1. The average molecular weight is 434 g/mol. The lowest BCUT2D eigenvalue weighted by atomic mass is 10.0. The molecule has 0 saturated heterocycles. The predicted octanol–water partition coefficient (Wildman–Crippen LogP) is 2.28. The Hall–Kier alpha value is -2.66. The molecular weight excluding hydrogens is 401 g/mol. The Kier molecular flexibility index (Phi) is 8.79. The highest BCUT2D eigenvalue weighted by molar-refractivity contribution is 6.87. The minimum absolute atomic E-state index is 0.0563. The molecule has 0 spiro atoms. The summed E-state index contributed by atoms with van der Waals surface area (Å²) in [5, 5.41) is 5.11. The Labute approximate surface area is 179 Å². The van der Waals surface area contributed by atoms with Crippen molar-refractivity contribution in [3.8, 4) is 11.5 Å². The van der Waals surface area contributed by atoms with Gasteiger partial charge in [0, 0.05) is 19.8 Å². The largest absolute Gasteiger partial charge is 0.368 e. The minimum atomic E-state index is -1.87. The monoisotopic (exact) mass is 433 g/mol. The van der Waals surface area contributed by atoms with Crippen LogP contribution in [-0.4, -0.2) is 37.9 Å². The molecule has 0 aliphatic carbocycles. The summed E-state index contributed by atoms with van der Waals surface area (Å²) in [6.07, 6.45) is 0.0132. The van der Waals surface area contributed by atoms with E-state index in [1.807, 2.05) is 0 Å². The van der Waals surface area contributed by atoms with Crippen LogP contribution in [0.15, 0.2) is 24.3 Å². The van der Waals surface area contributed by atoms with E-state index in [1.54, 1.807) is 6.07 Å². The molecule has 8 heteroatoms. The van der Waals surface area contributed by atoms with Crippen molar-refractivity contribution in [1.29, 1.82) is 0 Å². The molecule has 0 aromatic heterocycles. The number of primary amides is 1. The van der Waals surface area contributed by atoms with Crippen LogP contribution in [-0.2, 0) is 20.8 Å². The molecular formula is C22H32FN3O3Si. The molecule has 0 saturated carbocycles. The van der Waals surface area contributed by atoms with Crippen molar-refractivity contribution in [3.05, 3.63) is 35.6 Å². The first-order chi connectivity index (χ1) is 13.7. The summed E-state index contributed by atoms with van der Waals surface area (Å²) in [6, 6.07) is 3.94. The normalized spacial score (nSPS) is 13.4. The van der Waals surface area contributed by atoms with E-state index < -0.39 is 43.7 Å². The molecule has 0 aliphatic heterocycles. The van der Waals surface area contributed by atoms with Crippen molar-refractivity contribution in [2.24, 2.45) is 5.73 Å². The number of carbonyl (C=O) groups is 3. The molecule has 0 fully saturated rings. The van der Waals surface area contributed by atoms with Crippen molar-refractivity contribution in [2.75, 3.05) is 0 Å². The molecule has 1 rings (SSSR count). The van der Waals surface area contributed by atoms with E-state index in [2.05, 4.69) is 56.0 Å². The van der Waals surface area contributed by atoms with Gasteiger partial charge < -0.3 is 16.4 Å². The molecule has 0 bridgehead atoms. The van der Waals surface area contributed by atoms with Crippen LogP contribution in [0.3, 0.4) is 0 Å². The summed E-state index contributed by atoms with van der Waals surface area (Å²) in [5.74, 6) is 0.741. The molecule has 1 aromatic carbocycles. The van der Waals surface area contributed by atoms with E-state index in [1.165, 1.54) is 25.1 Å². The molecule has 1 aromatic rings. The number of benzene rings is 1. The fraction of sp³-hybridized carbons (Fsp3) is 0.500. The molecule has 2 atom stereocenters. The molecule has 0 radical (unpaired) electrons. The Balaban J connectivity index is 2.96. The second kappa shape index (κ2) is 10.4. The van der Waals surface area contributed by atoms with E-state index in [0.29, 0.717) is 0 Å². The summed E-state index contributed by atoms with van der Waals surface area (Å²) < 4.78 is 14.0. The summed E-state index contributed by atoms with van der Waals surface area (Å²) in [6.45, 7) is 11.9. The first kappa shape index (κ1) is 25.4. The summed E-state index contributed by atoms with van der Waals surface area (Å²) in [4.78, 5) is 36.1. The van der Waals surface area contributed by atoms with Crippen LogP contribution in [0.2, 0.25) is 18.1 Å². The van der Waals surface area contributed by atoms with Crippen LogP contribution in [0.5, 0.6) is 0 Å². The molecule has 3 amide bonds. The second-order valence-electron chi connectivity index (χ2n) is 8.89. The third-order valence-corrected chi connectivity index (χ3v) is 9.87. The summed E-state index contributed by atoms with van der Waals surface area (Å²) in [7, 11) is -1.87. The van der Waals surface area contributed by atoms with Crippen LogP contribution in [0.1, 0.15) is 39.7 Å². The molecule has 0 unspecified atom stereocenters. The number of hydrogen-bond donors (Lipinski definition) is 3. The predicted molar refractivity (Wildman–Crippen MR) is 118 cm³/mol. The van der Waals surface area contributed by atoms with Crippen LogP contribution >= 0.6 is 0 Å². The van der Waals surface area contributed by atoms with Gasteiger partial charge in [0.2, 0.25) is 17.7 Å². The fourth-order valence-electron chi connectivity index (χ4n) is 2.40. The lowest BCUT2D eigenvalue weighted by molar-refractivity contribution is -0.130. The number of halogens is 1. The number of amides is 3. The van der Waals surface area contributed by atoms with Crippen molar-refractivity contribution >= 4 is 25.8 Å². The van der Waals surface area contributed by atoms with Crippen molar-refractivity contribution < 1.29 is 18.8 Å². The molecule has 6 nitrogen and oxygen atoms in total. The van der Waals surface area contributed by atoms with Gasteiger partial charge in [-0.05, 0) is 16.7 Å². The molecule has 0 heterocycles. The quantitative estimate of drug-likeness (QED) is 0.454. The summed E-state index contributed by atoms with van der Waals surface area (Å²) >= 11 is 0. The van der Waals surface area contributed by atoms with E-state index in [4.69, 9.17) is 5.73 Å². The fourth-order valence-corrected chi connectivity index (χ4v) is 3.31. The van der Waals surface area contributed by atoms with Gasteiger partial charge in [0.25, 0.3) is 0 Å². The number of nitrogens with two attached hydrogens (primary N) is 1. The van der Waals surface area contributed by atoms with Gasteiger partial charge in [0.05, 0.1) is 0 Å². The number of rotatable bonds is 7. The van der Waals surface area contributed by atoms with Gasteiger partial charge in [-0.15, -0.1) is 11.5 Å². The van der Waals surface area contributed by atoms with Crippen LogP contribution in [0, 0.1) is 17.3 Å². The van der Waals surface area contributed by atoms with Crippen molar-refractivity contribution in [2.45, 2.75) is 70.8 Å². The maximum absolute atomic E-state index is 14.0. The van der Waals surface area contributed by atoms with E-state index in [-0.39, 0.29) is 23.4 Å². The molecule has 164 valence electrons. The maximum Gasteiger partial charge on any atom is 0.243 e. The van der Waals surface area contributed by atoms with Gasteiger partial charge in [0.1, 0.15) is 26.0 Å². The maximum atomic E-state index is 14.0. The Bertz CT molecular complexity index is 853. The second-order valence-corrected chi connectivity index (χ2v) is 13.9.